The largest absolute Gasteiger partial charge is 0.391 e. The Bertz CT molecular complexity index is 275. The molecule has 3 N–H and O–H groups in total. The van der Waals surface area contributed by atoms with E-state index in [0.717, 1.165) is 10.0 Å². The van der Waals surface area contributed by atoms with Crippen molar-refractivity contribution >= 4 is 15.9 Å². The monoisotopic (exact) mass is 243 g/mol. The second kappa shape index (κ2) is 4.74. The van der Waals surface area contributed by atoms with Crippen molar-refractivity contribution in [2.24, 2.45) is 5.73 Å². The van der Waals surface area contributed by atoms with Crippen LogP contribution < -0.4 is 5.73 Å². The van der Waals surface area contributed by atoms with Gasteiger partial charge in [0, 0.05) is 10.5 Å². The van der Waals surface area contributed by atoms with Gasteiger partial charge < -0.3 is 10.8 Å². The van der Waals surface area contributed by atoms with E-state index in [9.17, 15) is 5.11 Å². The van der Waals surface area contributed by atoms with Gasteiger partial charge in [0.2, 0.25) is 0 Å². The Kier molecular flexibility index (Phi) is 3.90. The van der Waals surface area contributed by atoms with Crippen molar-refractivity contribution in [1.82, 2.24) is 0 Å². The molecule has 0 fully saturated rings. The topological polar surface area (TPSA) is 46.2 Å². The first-order valence-corrected chi connectivity index (χ1v) is 5.07. The van der Waals surface area contributed by atoms with Crippen molar-refractivity contribution in [3.63, 3.8) is 0 Å². The number of rotatable bonds is 3. The molecule has 2 atom stereocenters. The smallest absolute Gasteiger partial charge is 0.0728 e. The van der Waals surface area contributed by atoms with Gasteiger partial charge in [-0.2, -0.15) is 0 Å². The molecule has 1 aromatic carbocycles. The predicted octanol–water partition coefficient (Wildman–Crippen LogP) is 1.70. The van der Waals surface area contributed by atoms with Crippen LogP contribution in [0.1, 0.15) is 12.5 Å². The fourth-order valence-electron chi connectivity index (χ4n) is 1.09. The average molecular weight is 244 g/mol. The van der Waals surface area contributed by atoms with Gasteiger partial charge in [0.15, 0.2) is 0 Å². The summed E-state index contributed by atoms with van der Waals surface area (Å²) in [7, 11) is 0. The fourth-order valence-corrected chi connectivity index (χ4v) is 1.54. The normalized spacial score (nSPS) is 15.4. The fraction of sp³-hybridized carbons (Fsp3) is 0.400. The lowest BCUT2D eigenvalue weighted by atomic mass is 10.0. The van der Waals surface area contributed by atoms with E-state index >= 15 is 0 Å². The zero-order valence-electron chi connectivity index (χ0n) is 7.57. The molecule has 0 aromatic heterocycles. The van der Waals surface area contributed by atoms with E-state index < -0.39 is 6.10 Å². The molecule has 0 heterocycles. The third-order valence-corrected chi connectivity index (χ3v) is 2.43. The molecule has 0 unspecified atom stereocenters. The van der Waals surface area contributed by atoms with Gasteiger partial charge in [-0.1, -0.05) is 28.1 Å². The van der Waals surface area contributed by atoms with Crippen molar-refractivity contribution in [3.05, 3.63) is 34.3 Å². The maximum Gasteiger partial charge on any atom is 0.0728 e. The minimum atomic E-state index is -0.464. The Hall–Kier alpha value is -0.380. The van der Waals surface area contributed by atoms with Crippen molar-refractivity contribution in [2.45, 2.75) is 25.5 Å². The summed E-state index contributed by atoms with van der Waals surface area (Å²) in [6.45, 7) is 1.81. The summed E-state index contributed by atoms with van der Waals surface area (Å²) >= 11 is 3.38. The van der Waals surface area contributed by atoms with Crippen molar-refractivity contribution in [2.75, 3.05) is 0 Å². The average Bonchev–Trinajstić information content (AvgIpc) is 2.04. The van der Waals surface area contributed by atoms with Gasteiger partial charge in [-0.25, -0.2) is 0 Å². The Morgan fingerprint density at radius 1 is 1.54 bits per heavy atom. The van der Waals surface area contributed by atoms with Gasteiger partial charge in [-0.3, -0.25) is 0 Å². The Morgan fingerprint density at radius 2 is 2.23 bits per heavy atom. The molecule has 0 aliphatic carbocycles. The second-order valence-electron chi connectivity index (χ2n) is 3.26. The molecule has 13 heavy (non-hydrogen) atoms. The maximum atomic E-state index is 9.53. The SMILES string of the molecule is C[C@H](N)[C@@H](O)Cc1cccc(Br)c1. The van der Waals surface area contributed by atoms with Crippen LogP contribution in [-0.4, -0.2) is 17.3 Å². The van der Waals surface area contributed by atoms with Gasteiger partial charge in [0.05, 0.1) is 6.10 Å². The molecule has 0 spiro atoms. The lowest BCUT2D eigenvalue weighted by molar-refractivity contribution is 0.151. The van der Waals surface area contributed by atoms with Crippen LogP contribution in [0.25, 0.3) is 0 Å². The van der Waals surface area contributed by atoms with Crippen molar-refractivity contribution < 1.29 is 5.11 Å². The molecule has 0 aliphatic heterocycles. The number of nitrogens with two attached hydrogens (primary N) is 1. The highest BCUT2D eigenvalue weighted by Gasteiger charge is 2.09. The predicted molar refractivity (Wildman–Crippen MR) is 57.5 cm³/mol. The second-order valence-corrected chi connectivity index (χ2v) is 4.18. The highest BCUT2D eigenvalue weighted by molar-refractivity contribution is 9.10. The Labute approximate surface area is 86.9 Å². The third kappa shape index (κ3) is 3.46. The van der Waals surface area contributed by atoms with Crippen LogP contribution >= 0.6 is 15.9 Å². The molecule has 72 valence electrons. The van der Waals surface area contributed by atoms with Crippen LogP contribution in [0.15, 0.2) is 28.7 Å². The first kappa shape index (κ1) is 10.7. The summed E-state index contributed by atoms with van der Waals surface area (Å²) in [5.74, 6) is 0. The van der Waals surface area contributed by atoms with Crippen LogP contribution in [0.5, 0.6) is 0 Å². The molecule has 2 nitrogen and oxygen atoms in total. The molecular formula is C10H14BrNO. The first-order chi connectivity index (χ1) is 6.09. The molecule has 0 saturated carbocycles. The molecule has 1 rings (SSSR count). The quantitative estimate of drug-likeness (QED) is 0.850. The van der Waals surface area contributed by atoms with E-state index in [0.29, 0.717) is 6.42 Å². The molecule has 0 aliphatic rings. The minimum Gasteiger partial charge on any atom is -0.391 e. The van der Waals surface area contributed by atoms with Crippen LogP contribution in [-0.2, 0) is 6.42 Å². The highest BCUT2D eigenvalue weighted by Crippen LogP contribution is 2.13. The molecule has 0 amide bonds. The summed E-state index contributed by atoms with van der Waals surface area (Å²) in [5, 5.41) is 9.53. The number of aliphatic hydroxyl groups is 1. The van der Waals surface area contributed by atoms with Gasteiger partial charge in [-0.15, -0.1) is 0 Å². The van der Waals surface area contributed by atoms with Crippen LogP contribution in [0, 0.1) is 0 Å². The number of aliphatic hydroxyl groups excluding tert-OH is 1. The van der Waals surface area contributed by atoms with Crippen molar-refractivity contribution in [3.8, 4) is 0 Å². The highest BCUT2D eigenvalue weighted by atomic mass is 79.9. The number of hydrogen-bond donors (Lipinski definition) is 2. The summed E-state index contributed by atoms with van der Waals surface area (Å²) in [4.78, 5) is 0. The van der Waals surface area contributed by atoms with E-state index in [4.69, 9.17) is 5.73 Å². The molecule has 3 heteroatoms. The molecule has 1 aromatic rings. The number of hydrogen-bond acceptors (Lipinski definition) is 2. The van der Waals surface area contributed by atoms with Crippen LogP contribution in [0.2, 0.25) is 0 Å². The van der Waals surface area contributed by atoms with Crippen molar-refractivity contribution in [1.29, 1.82) is 0 Å². The molecular weight excluding hydrogens is 230 g/mol. The number of benzene rings is 1. The first-order valence-electron chi connectivity index (χ1n) is 4.27. The standard InChI is InChI=1S/C10H14BrNO/c1-7(12)10(13)6-8-3-2-4-9(11)5-8/h2-5,7,10,13H,6,12H2,1H3/t7-,10-/m0/s1. The summed E-state index contributed by atoms with van der Waals surface area (Å²) in [6, 6.07) is 7.70. The van der Waals surface area contributed by atoms with Gasteiger partial charge in [0.1, 0.15) is 0 Å². The summed E-state index contributed by atoms with van der Waals surface area (Å²) < 4.78 is 1.03. The van der Waals surface area contributed by atoms with E-state index in [2.05, 4.69) is 15.9 Å². The minimum absolute atomic E-state index is 0.181. The van der Waals surface area contributed by atoms with Crippen LogP contribution in [0.3, 0.4) is 0 Å². The van der Waals surface area contributed by atoms with Gasteiger partial charge >= 0.3 is 0 Å². The van der Waals surface area contributed by atoms with E-state index in [-0.39, 0.29) is 6.04 Å². The molecule has 0 radical (unpaired) electrons. The van der Waals surface area contributed by atoms with Gasteiger partial charge in [0.25, 0.3) is 0 Å². The lowest BCUT2D eigenvalue weighted by Gasteiger charge is -2.14. The Morgan fingerprint density at radius 3 is 2.77 bits per heavy atom. The maximum absolute atomic E-state index is 9.53. The van der Waals surface area contributed by atoms with E-state index in [1.807, 2.05) is 31.2 Å². The Balaban J connectivity index is 2.64. The van der Waals surface area contributed by atoms with Gasteiger partial charge in [-0.05, 0) is 31.0 Å². The molecule has 0 bridgehead atoms. The summed E-state index contributed by atoms with van der Waals surface area (Å²) in [6.07, 6.45) is 0.145. The summed E-state index contributed by atoms with van der Waals surface area (Å²) in [5.41, 5.74) is 6.66. The number of halogens is 1. The molecule has 0 saturated heterocycles. The zero-order chi connectivity index (χ0) is 9.84. The van der Waals surface area contributed by atoms with E-state index in [1.54, 1.807) is 0 Å². The third-order valence-electron chi connectivity index (χ3n) is 1.94. The van der Waals surface area contributed by atoms with E-state index in [1.165, 1.54) is 0 Å². The van der Waals surface area contributed by atoms with Crippen LogP contribution in [0.4, 0.5) is 0 Å². The lowest BCUT2D eigenvalue weighted by Crippen LogP contribution is -2.33. The zero-order valence-corrected chi connectivity index (χ0v) is 9.16.